The standard InChI is InChI=1S/C15H18N2O6/c18-14(16-8-4-1-5-9-16)10-23-15(19)11-22-13-7-3-2-6-12(13)17(20)21/h2-3,6-7H,1,4-5,8-11H2. The van der Waals surface area contributed by atoms with Crippen LogP contribution in [-0.4, -0.2) is 48.0 Å². The van der Waals surface area contributed by atoms with Gasteiger partial charge in [0.25, 0.3) is 5.91 Å². The first kappa shape index (κ1) is 16.7. The average molecular weight is 322 g/mol. The van der Waals surface area contributed by atoms with Gasteiger partial charge in [-0.25, -0.2) is 4.79 Å². The quantitative estimate of drug-likeness (QED) is 0.447. The van der Waals surface area contributed by atoms with Gasteiger partial charge in [0, 0.05) is 19.2 Å². The van der Waals surface area contributed by atoms with Crippen LogP contribution >= 0.6 is 0 Å². The van der Waals surface area contributed by atoms with Crippen LogP contribution in [0.25, 0.3) is 0 Å². The third-order valence-corrected chi connectivity index (χ3v) is 3.47. The van der Waals surface area contributed by atoms with Crippen LogP contribution < -0.4 is 4.74 Å². The molecule has 8 nitrogen and oxygen atoms in total. The predicted molar refractivity (Wildman–Crippen MR) is 80.0 cm³/mol. The Labute approximate surface area is 133 Å². The van der Waals surface area contributed by atoms with Crippen LogP contribution in [0, 0.1) is 10.1 Å². The minimum Gasteiger partial charge on any atom is -0.475 e. The average Bonchev–Trinajstić information content (AvgIpc) is 2.58. The molecule has 0 aliphatic carbocycles. The number of nitro groups is 1. The van der Waals surface area contributed by atoms with Crippen molar-refractivity contribution in [1.29, 1.82) is 0 Å². The molecule has 0 bridgehead atoms. The Morgan fingerprint density at radius 1 is 1.13 bits per heavy atom. The second kappa shape index (κ2) is 8.11. The van der Waals surface area contributed by atoms with E-state index in [9.17, 15) is 19.7 Å². The molecular weight excluding hydrogens is 304 g/mol. The third-order valence-electron chi connectivity index (χ3n) is 3.47. The summed E-state index contributed by atoms with van der Waals surface area (Å²) in [6.07, 6.45) is 3.02. The second-order valence-corrected chi connectivity index (χ2v) is 5.12. The normalized spacial score (nSPS) is 14.2. The molecule has 0 spiro atoms. The lowest BCUT2D eigenvalue weighted by molar-refractivity contribution is -0.385. The number of hydrogen-bond acceptors (Lipinski definition) is 6. The van der Waals surface area contributed by atoms with E-state index in [4.69, 9.17) is 9.47 Å². The van der Waals surface area contributed by atoms with Crippen molar-refractivity contribution in [3.8, 4) is 5.75 Å². The summed E-state index contributed by atoms with van der Waals surface area (Å²) >= 11 is 0. The number of nitrogens with zero attached hydrogens (tertiary/aromatic N) is 2. The Bertz CT molecular complexity index is 583. The number of ether oxygens (including phenoxy) is 2. The zero-order valence-corrected chi connectivity index (χ0v) is 12.6. The van der Waals surface area contributed by atoms with Gasteiger partial charge in [-0.15, -0.1) is 0 Å². The zero-order valence-electron chi connectivity index (χ0n) is 12.6. The molecular formula is C15H18N2O6. The van der Waals surface area contributed by atoms with Crippen LogP contribution in [0.3, 0.4) is 0 Å². The van der Waals surface area contributed by atoms with Gasteiger partial charge in [0.1, 0.15) is 0 Å². The number of carbonyl (C=O) groups is 2. The van der Waals surface area contributed by atoms with Crippen molar-refractivity contribution in [2.24, 2.45) is 0 Å². The molecule has 0 atom stereocenters. The number of piperidine rings is 1. The molecule has 1 aliphatic rings. The SMILES string of the molecule is O=C(COc1ccccc1[N+](=O)[O-])OCC(=O)N1CCCCC1. The van der Waals surface area contributed by atoms with Crippen molar-refractivity contribution in [1.82, 2.24) is 4.90 Å². The molecule has 1 aliphatic heterocycles. The monoisotopic (exact) mass is 322 g/mol. The van der Waals surface area contributed by atoms with Crippen LogP contribution in [0.4, 0.5) is 5.69 Å². The minimum atomic E-state index is -0.742. The fraction of sp³-hybridized carbons (Fsp3) is 0.467. The summed E-state index contributed by atoms with van der Waals surface area (Å²) in [6, 6.07) is 5.74. The lowest BCUT2D eigenvalue weighted by atomic mass is 10.1. The fourth-order valence-electron chi connectivity index (χ4n) is 2.29. The van der Waals surface area contributed by atoms with E-state index in [-0.39, 0.29) is 24.0 Å². The van der Waals surface area contributed by atoms with Gasteiger partial charge in [0.2, 0.25) is 0 Å². The lowest BCUT2D eigenvalue weighted by Gasteiger charge is -2.26. The largest absolute Gasteiger partial charge is 0.475 e. The highest BCUT2D eigenvalue weighted by Crippen LogP contribution is 2.25. The predicted octanol–water partition coefficient (Wildman–Crippen LogP) is 1.53. The Kier molecular flexibility index (Phi) is 5.90. The Hall–Kier alpha value is -2.64. The second-order valence-electron chi connectivity index (χ2n) is 5.12. The number of hydrogen-bond donors (Lipinski definition) is 0. The van der Waals surface area contributed by atoms with E-state index >= 15 is 0 Å². The number of amides is 1. The van der Waals surface area contributed by atoms with Crippen molar-refractivity contribution in [2.75, 3.05) is 26.3 Å². The molecule has 8 heteroatoms. The summed E-state index contributed by atoms with van der Waals surface area (Å²) in [5.41, 5.74) is -0.232. The summed E-state index contributed by atoms with van der Waals surface area (Å²) in [7, 11) is 0. The lowest BCUT2D eigenvalue weighted by Crippen LogP contribution is -2.38. The number of para-hydroxylation sites is 2. The van der Waals surface area contributed by atoms with Gasteiger partial charge in [-0.1, -0.05) is 12.1 Å². The molecule has 0 radical (unpaired) electrons. The highest BCUT2D eigenvalue weighted by atomic mass is 16.6. The topological polar surface area (TPSA) is 99.0 Å². The van der Waals surface area contributed by atoms with Gasteiger partial charge in [-0.3, -0.25) is 14.9 Å². The maximum atomic E-state index is 11.8. The molecule has 1 fully saturated rings. The molecule has 0 aromatic heterocycles. The van der Waals surface area contributed by atoms with Gasteiger partial charge in [-0.2, -0.15) is 0 Å². The summed E-state index contributed by atoms with van der Waals surface area (Å²) in [5, 5.41) is 10.8. The van der Waals surface area contributed by atoms with Crippen molar-refractivity contribution in [3.63, 3.8) is 0 Å². The van der Waals surface area contributed by atoms with Crippen LogP contribution in [0.1, 0.15) is 19.3 Å². The van der Waals surface area contributed by atoms with Crippen LogP contribution in [0.2, 0.25) is 0 Å². The van der Waals surface area contributed by atoms with E-state index in [2.05, 4.69) is 0 Å². The molecule has 1 amide bonds. The van der Waals surface area contributed by atoms with Gasteiger partial charge in [0.05, 0.1) is 4.92 Å². The molecule has 1 aromatic carbocycles. The van der Waals surface area contributed by atoms with E-state index in [1.165, 1.54) is 18.2 Å². The molecule has 1 saturated heterocycles. The van der Waals surface area contributed by atoms with E-state index in [1.807, 2.05) is 0 Å². The van der Waals surface area contributed by atoms with E-state index < -0.39 is 17.5 Å². The smallest absolute Gasteiger partial charge is 0.344 e. The van der Waals surface area contributed by atoms with E-state index in [0.717, 1.165) is 19.3 Å². The Morgan fingerprint density at radius 3 is 2.52 bits per heavy atom. The number of nitro benzene ring substituents is 1. The third kappa shape index (κ3) is 4.94. The van der Waals surface area contributed by atoms with Gasteiger partial charge < -0.3 is 14.4 Å². The van der Waals surface area contributed by atoms with Gasteiger partial charge >= 0.3 is 11.7 Å². The van der Waals surface area contributed by atoms with Gasteiger partial charge in [0.15, 0.2) is 19.0 Å². The fourth-order valence-corrected chi connectivity index (χ4v) is 2.29. The molecule has 1 heterocycles. The van der Waals surface area contributed by atoms with Crippen LogP contribution in [0.15, 0.2) is 24.3 Å². The minimum absolute atomic E-state index is 0.0168. The first-order chi connectivity index (χ1) is 11.1. The molecule has 23 heavy (non-hydrogen) atoms. The highest BCUT2D eigenvalue weighted by Gasteiger charge is 2.19. The Balaban J connectivity index is 1.77. The van der Waals surface area contributed by atoms with Crippen molar-refractivity contribution < 1.29 is 24.0 Å². The molecule has 0 N–H and O–H groups in total. The summed E-state index contributed by atoms with van der Waals surface area (Å²) in [6.45, 7) is 0.545. The van der Waals surface area contributed by atoms with Crippen molar-refractivity contribution in [2.45, 2.75) is 19.3 Å². The van der Waals surface area contributed by atoms with E-state index in [0.29, 0.717) is 13.1 Å². The number of benzene rings is 1. The summed E-state index contributed by atoms with van der Waals surface area (Å²) in [5.74, 6) is -0.992. The number of carbonyl (C=O) groups excluding carboxylic acids is 2. The molecule has 124 valence electrons. The highest BCUT2D eigenvalue weighted by molar-refractivity contribution is 5.81. The van der Waals surface area contributed by atoms with Crippen molar-refractivity contribution >= 4 is 17.6 Å². The summed E-state index contributed by atoms with van der Waals surface area (Å²) in [4.78, 5) is 35.3. The molecule has 0 unspecified atom stereocenters. The van der Waals surface area contributed by atoms with Crippen LogP contribution in [0.5, 0.6) is 5.75 Å². The maximum absolute atomic E-state index is 11.8. The van der Waals surface area contributed by atoms with Crippen molar-refractivity contribution in [3.05, 3.63) is 34.4 Å². The Morgan fingerprint density at radius 2 is 1.83 bits per heavy atom. The zero-order chi connectivity index (χ0) is 16.7. The first-order valence-electron chi connectivity index (χ1n) is 7.37. The summed E-state index contributed by atoms with van der Waals surface area (Å²) < 4.78 is 9.95. The van der Waals surface area contributed by atoms with E-state index in [1.54, 1.807) is 11.0 Å². The maximum Gasteiger partial charge on any atom is 0.344 e. The molecule has 2 rings (SSSR count). The number of likely N-dealkylation sites (tertiary alicyclic amines) is 1. The first-order valence-corrected chi connectivity index (χ1v) is 7.37. The number of rotatable bonds is 6. The molecule has 0 saturated carbocycles. The molecule has 1 aromatic rings. The van der Waals surface area contributed by atoms with Gasteiger partial charge in [-0.05, 0) is 25.3 Å². The van der Waals surface area contributed by atoms with Crippen LogP contribution in [-0.2, 0) is 14.3 Å². The number of esters is 1.